The quantitative estimate of drug-likeness (QED) is 0.523. The van der Waals surface area contributed by atoms with Crippen LogP contribution in [0, 0.1) is 0 Å². The van der Waals surface area contributed by atoms with Crippen molar-refractivity contribution in [3.8, 4) is 0 Å². The molecule has 0 radical (unpaired) electrons. The van der Waals surface area contributed by atoms with Crippen LogP contribution in [0.1, 0.15) is 58.8 Å². The molecule has 0 aliphatic carbocycles. The van der Waals surface area contributed by atoms with E-state index < -0.39 is 6.04 Å². The second-order valence-corrected chi connectivity index (χ2v) is 5.58. The molecule has 1 saturated heterocycles. The molecule has 5 heteroatoms. The van der Waals surface area contributed by atoms with Crippen LogP contribution in [0.2, 0.25) is 0 Å². The number of nitrogens with one attached hydrogen (secondary N) is 1. The molecule has 1 aliphatic rings. The number of esters is 1. The lowest BCUT2D eigenvalue weighted by atomic mass is 10.1. The summed E-state index contributed by atoms with van der Waals surface area (Å²) in [6.07, 6.45) is 7.53. The zero-order valence-electron chi connectivity index (χ0n) is 13.5. The van der Waals surface area contributed by atoms with Gasteiger partial charge in [-0.2, -0.15) is 0 Å². The average Bonchev–Trinajstić information content (AvgIpc) is 2.50. The first-order valence-electron chi connectivity index (χ1n) is 8.37. The Morgan fingerprint density at radius 1 is 1.14 bits per heavy atom. The van der Waals surface area contributed by atoms with Gasteiger partial charge >= 0.3 is 5.97 Å². The number of rotatable bonds is 9. The zero-order chi connectivity index (χ0) is 15.5. The fourth-order valence-electron chi connectivity index (χ4n) is 2.65. The van der Waals surface area contributed by atoms with Gasteiger partial charge in [-0.3, -0.25) is 4.79 Å². The highest BCUT2D eigenvalue weighted by molar-refractivity contribution is 5.85. The molecule has 1 rings (SSSR count). The number of unbranched alkanes of at least 4 members (excludes halogenated alkanes) is 5. The predicted molar refractivity (Wildman–Crippen MR) is 83.0 cm³/mol. The number of carbonyl (C=O) groups is 2. The van der Waals surface area contributed by atoms with E-state index in [-0.39, 0.29) is 11.9 Å². The molecule has 122 valence electrons. The van der Waals surface area contributed by atoms with Crippen molar-refractivity contribution >= 4 is 11.9 Å². The summed E-state index contributed by atoms with van der Waals surface area (Å²) in [4.78, 5) is 25.9. The summed E-state index contributed by atoms with van der Waals surface area (Å²) in [6.45, 7) is 6.19. The third kappa shape index (κ3) is 6.46. The van der Waals surface area contributed by atoms with Crippen LogP contribution < -0.4 is 5.32 Å². The molecule has 1 unspecified atom stereocenters. The molecule has 0 spiro atoms. The molecule has 1 fully saturated rings. The third-order valence-electron chi connectivity index (χ3n) is 3.87. The van der Waals surface area contributed by atoms with Crippen molar-refractivity contribution in [1.29, 1.82) is 0 Å². The highest BCUT2D eigenvalue weighted by Crippen LogP contribution is 2.12. The van der Waals surface area contributed by atoms with E-state index in [1.807, 2.05) is 0 Å². The maximum Gasteiger partial charge on any atom is 0.330 e. The molecule has 0 aromatic carbocycles. The van der Waals surface area contributed by atoms with E-state index in [1.54, 1.807) is 11.8 Å². The van der Waals surface area contributed by atoms with Crippen LogP contribution in [-0.4, -0.2) is 49.1 Å². The van der Waals surface area contributed by atoms with E-state index in [9.17, 15) is 9.59 Å². The Kier molecular flexibility index (Phi) is 9.06. The monoisotopic (exact) mass is 298 g/mol. The molecule has 0 aromatic rings. The van der Waals surface area contributed by atoms with Crippen molar-refractivity contribution in [2.75, 3.05) is 26.2 Å². The topological polar surface area (TPSA) is 58.6 Å². The first kappa shape index (κ1) is 18.0. The van der Waals surface area contributed by atoms with Gasteiger partial charge < -0.3 is 15.0 Å². The van der Waals surface area contributed by atoms with Gasteiger partial charge in [0.1, 0.15) is 6.04 Å². The maximum atomic E-state index is 12.3. The first-order chi connectivity index (χ1) is 10.2. The van der Waals surface area contributed by atoms with E-state index in [0.717, 1.165) is 19.4 Å². The molecule has 21 heavy (non-hydrogen) atoms. The molecule has 1 heterocycles. The van der Waals surface area contributed by atoms with Gasteiger partial charge in [-0.25, -0.2) is 4.79 Å². The van der Waals surface area contributed by atoms with Gasteiger partial charge in [0, 0.05) is 26.1 Å². The predicted octanol–water partition coefficient (Wildman–Crippen LogP) is 2.10. The van der Waals surface area contributed by atoms with E-state index in [4.69, 9.17) is 4.74 Å². The lowest BCUT2D eigenvalue weighted by Gasteiger charge is -2.34. The summed E-state index contributed by atoms with van der Waals surface area (Å²) in [7, 11) is 0. The molecule has 0 saturated carbocycles. The smallest absolute Gasteiger partial charge is 0.330 e. The van der Waals surface area contributed by atoms with E-state index in [2.05, 4.69) is 12.2 Å². The molecule has 1 amide bonds. The van der Waals surface area contributed by atoms with Gasteiger partial charge in [0.05, 0.1) is 6.61 Å². The van der Waals surface area contributed by atoms with Crippen LogP contribution in [-0.2, 0) is 14.3 Å². The minimum absolute atomic E-state index is 0.0880. The van der Waals surface area contributed by atoms with Gasteiger partial charge in [0.15, 0.2) is 0 Å². The number of ether oxygens (including phenoxy) is 1. The molecular formula is C16H30N2O3. The number of nitrogens with zero attached hydrogens (tertiary/aromatic N) is 1. The summed E-state index contributed by atoms with van der Waals surface area (Å²) in [5, 5.41) is 3.15. The zero-order valence-corrected chi connectivity index (χ0v) is 13.5. The van der Waals surface area contributed by atoms with Crippen molar-refractivity contribution in [2.45, 2.75) is 64.8 Å². The van der Waals surface area contributed by atoms with Gasteiger partial charge in [-0.1, -0.05) is 39.0 Å². The summed E-state index contributed by atoms with van der Waals surface area (Å²) < 4.78 is 5.06. The molecule has 0 aromatic heterocycles. The van der Waals surface area contributed by atoms with Crippen molar-refractivity contribution in [3.05, 3.63) is 0 Å². The van der Waals surface area contributed by atoms with Crippen LogP contribution in [0.3, 0.4) is 0 Å². The van der Waals surface area contributed by atoms with Crippen LogP contribution in [0.4, 0.5) is 0 Å². The Morgan fingerprint density at radius 3 is 2.57 bits per heavy atom. The molecule has 1 N–H and O–H groups in total. The standard InChI is InChI=1S/C16H30N2O3/c1-3-5-6-7-8-9-10-15(19)18-12-11-17-13-14(18)16(20)21-4-2/h14,17H,3-13H2,1-2H3. The van der Waals surface area contributed by atoms with Crippen LogP contribution in [0.5, 0.6) is 0 Å². The van der Waals surface area contributed by atoms with E-state index in [1.165, 1.54) is 25.7 Å². The number of hydrogen-bond acceptors (Lipinski definition) is 4. The second-order valence-electron chi connectivity index (χ2n) is 5.58. The van der Waals surface area contributed by atoms with Crippen LogP contribution in [0.15, 0.2) is 0 Å². The van der Waals surface area contributed by atoms with Crippen LogP contribution >= 0.6 is 0 Å². The Bertz CT molecular complexity index is 321. The molecular weight excluding hydrogens is 268 g/mol. The molecule has 1 aliphatic heterocycles. The molecule has 0 bridgehead atoms. The summed E-state index contributed by atoms with van der Waals surface area (Å²) in [5.74, 6) is -0.203. The van der Waals surface area contributed by atoms with Gasteiger partial charge in [0.2, 0.25) is 5.91 Å². The van der Waals surface area contributed by atoms with E-state index in [0.29, 0.717) is 26.1 Å². The summed E-state index contributed by atoms with van der Waals surface area (Å²) >= 11 is 0. The Morgan fingerprint density at radius 2 is 1.86 bits per heavy atom. The van der Waals surface area contributed by atoms with Gasteiger partial charge in [-0.05, 0) is 13.3 Å². The molecule has 1 atom stereocenters. The highest BCUT2D eigenvalue weighted by Gasteiger charge is 2.32. The normalized spacial score (nSPS) is 18.6. The lowest BCUT2D eigenvalue weighted by molar-refractivity contribution is -0.155. The van der Waals surface area contributed by atoms with Gasteiger partial charge in [0.25, 0.3) is 0 Å². The summed E-state index contributed by atoms with van der Waals surface area (Å²) in [6, 6.07) is -0.453. The van der Waals surface area contributed by atoms with Crippen LogP contribution in [0.25, 0.3) is 0 Å². The Hall–Kier alpha value is -1.10. The number of amides is 1. The van der Waals surface area contributed by atoms with Gasteiger partial charge in [-0.15, -0.1) is 0 Å². The lowest BCUT2D eigenvalue weighted by Crippen LogP contribution is -2.57. The number of carbonyl (C=O) groups excluding carboxylic acids is 2. The fraction of sp³-hybridized carbons (Fsp3) is 0.875. The second kappa shape index (κ2) is 10.6. The number of piperazine rings is 1. The highest BCUT2D eigenvalue weighted by atomic mass is 16.5. The molecule has 5 nitrogen and oxygen atoms in total. The van der Waals surface area contributed by atoms with Crippen molar-refractivity contribution in [3.63, 3.8) is 0 Å². The summed E-state index contributed by atoms with van der Waals surface area (Å²) in [5.41, 5.74) is 0. The fourth-order valence-corrected chi connectivity index (χ4v) is 2.65. The minimum atomic E-state index is -0.453. The average molecular weight is 298 g/mol. The largest absolute Gasteiger partial charge is 0.464 e. The first-order valence-corrected chi connectivity index (χ1v) is 8.37. The minimum Gasteiger partial charge on any atom is -0.464 e. The number of hydrogen-bond donors (Lipinski definition) is 1. The van der Waals surface area contributed by atoms with E-state index >= 15 is 0 Å². The van der Waals surface area contributed by atoms with Crippen molar-refractivity contribution < 1.29 is 14.3 Å². The SMILES string of the molecule is CCCCCCCCC(=O)N1CCNCC1C(=O)OCC. The third-order valence-corrected chi connectivity index (χ3v) is 3.87. The Labute approximate surface area is 128 Å². The Balaban J connectivity index is 2.33. The van der Waals surface area contributed by atoms with Crippen molar-refractivity contribution in [2.24, 2.45) is 0 Å². The van der Waals surface area contributed by atoms with Crippen molar-refractivity contribution in [1.82, 2.24) is 10.2 Å². The maximum absolute atomic E-state index is 12.3.